The number of halogens is 1. The van der Waals surface area contributed by atoms with Crippen LogP contribution in [0.3, 0.4) is 0 Å². The molecule has 3 heterocycles. The van der Waals surface area contributed by atoms with Gasteiger partial charge in [0, 0.05) is 49.5 Å². The summed E-state index contributed by atoms with van der Waals surface area (Å²) in [6.07, 6.45) is 4.82. The minimum Gasteiger partial charge on any atom is -0.383 e. The number of likely N-dealkylation sites (tertiary alicyclic amines) is 1. The number of pyridine rings is 1. The summed E-state index contributed by atoms with van der Waals surface area (Å²) in [4.78, 5) is 31.1. The van der Waals surface area contributed by atoms with Gasteiger partial charge in [0.05, 0.1) is 18.7 Å². The zero-order chi connectivity index (χ0) is 19.4. The molecule has 0 saturated carbocycles. The van der Waals surface area contributed by atoms with E-state index < -0.39 is 0 Å². The van der Waals surface area contributed by atoms with Crippen LogP contribution < -0.4 is 5.69 Å². The second kappa shape index (κ2) is 8.79. The van der Waals surface area contributed by atoms with Gasteiger partial charge in [-0.3, -0.25) is 14.3 Å². The van der Waals surface area contributed by atoms with E-state index in [-0.39, 0.29) is 17.5 Å². The van der Waals surface area contributed by atoms with Gasteiger partial charge in [-0.15, -0.1) is 0 Å². The molecule has 1 aliphatic rings. The van der Waals surface area contributed by atoms with E-state index in [9.17, 15) is 9.59 Å². The fraction of sp³-hybridized carbons (Fsp3) is 0.556. The Kier molecular flexibility index (Phi) is 6.43. The van der Waals surface area contributed by atoms with E-state index in [1.165, 1.54) is 4.68 Å². The van der Waals surface area contributed by atoms with Crippen LogP contribution in [0.15, 0.2) is 27.7 Å². The Hall–Kier alpha value is -2.00. The van der Waals surface area contributed by atoms with Crippen LogP contribution in [-0.4, -0.2) is 56.9 Å². The van der Waals surface area contributed by atoms with Gasteiger partial charge in [0.1, 0.15) is 5.82 Å². The van der Waals surface area contributed by atoms with E-state index in [2.05, 4.69) is 26.0 Å². The molecular formula is C18H24BrN5O3. The van der Waals surface area contributed by atoms with Crippen LogP contribution in [0.1, 0.15) is 41.9 Å². The summed E-state index contributed by atoms with van der Waals surface area (Å²) in [7, 11) is 1.61. The Morgan fingerprint density at radius 3 is 2.70 bits per heavy atom. The zero-order valence-electron chi connectivity index (χ0n) is 15.6. The summed E-state index contributed by atoms with van der Waals surface area (Å²) in [6.45, 7) is 4.71. The number of ether oxygens (including phenoxy) is 1. The molecule has 146 valence electrons. The van der Waals surface area contributed by atoms with Crippen LogP contribution in [0.25, 0.3) is 0 Å². The highest BCUT2D eigenvalue weighted by Gasteiger charge is 2.28. The minimum absolute atomic E-state index is 0.0132. The molecular weight excluding hydrogens is 414 g/mol. The van der Waals surface area contributed by atoms with Gasteiger partial charge in [-0.25, -0.2) is 9.48 Å². The molecule has 0 spiro atoms. The third-order valence-corrected chi connectivity index (χ3v) is 5.31. The van der Waals surface area contributed by atoms with Gasteiger partial charge in [-0.05, 0) is 41.8 Å². The van der Waals surface area contributed by atoms with Crippen molar-refractivity contribution in [1.29, 1.82) is 0 Å². The lowest BCUT2D eigenvalue weighted by molar-refractivity contribution is 0.0709. The molecule has 2 aromatic heterocycles. The van der Waals surface area contributed by atoms with E-state index in [0.29, 0.717) is 38.3 Å². The van der Waals surface area contributed by atoms with Gasteiger partial charge in [0.25, 0.3) is 5.91 Å². The second-order valence-electron chi connectivity index (χ2n) is 6.56. The normalized spacial score (nSPS) is 15.3. The van der Waals surface area contributed by atoms with E-state index in [4.69, 9.17) is 4.74 Å². The fourth-order valence-electron chi connectivity index (χ4n) is 3.43. The topological polar surface area (TPSA) is 82.2 Å². The monoisotopic (exact) mass is 437 g/mol. The van der Waals surface area contributed by atoms with Crippen LogP contribution in [-0.2, 0) is 17.8 Å². The molecule has 0 aliphatic carbocycles. The molecule has 0 N–H and O–H groups in total. The third kappa shape index (κ3) is 4.30. The molecule has 1 amide bonds. The lowest BCUT2D eigenvalue weighted by Gasteiger charge is -2.31. The molecule has 1 saturated heterocycles. The van der Waals surface area contributed by atoms with Crippen molar-refractivity contribution in [3.63, 3.8) is 0 Å². The maximum Gasteiger partial charge on any atom is 0.345 e. The smallest absolute Gasteiger partial charge is 0.345 e. The van der Waals surface area contributed by atoms with Crippen molar-refractivity contribution < 1.29 is 9.53 Å². The van der Waals surface area contributed by atoms with E-state index in [1.807, 2.05) is 11.8 Å². The molecule has 8 nitrogen and oxygen atoms in total. The fourth-order valence-corrected chi connectivity index (χ4v) is 3.80. The number of carbonyl (C=O) groups is 1. The van der Waals surface area contributed by atoms with E-state index in [1.54, 1.807) is 30.1 Å². The quantitative estimate of drug-likeness (QED) is 0.688. The summed E-state index contributed by atoms with van der Waals surface area (Å²) in [5.41, 5.74) is 0.486. The number of rotatable bonds is 6. The Bertz CT molecular complexity index is 855. The number of aromatic nitrogens is 4. The number of hydrogen-bond donors (Lipinski definition) is 0. The molecule has 1 fully saturated rings. The van der Waals surface area contributed by atoms with Crippen molar-refractivity contribution in [3.8, 4) is 0 Å². The largest absolute Gasteiger partial charge is 0.383 e. The first-order chi connectivity index (χ1) is 13.0. The minimum atomic E-state index is -0.0942. The van der Waals surface area contributed by atoms with Crippen LogP contribution >= 0.6 is 15.9 Å². The molecule has 0 aromatic carbocycles. The number of amides is 1. The van der Waals surface area contributed by atoms with E-state index >= 15 is 0 Å². The van der Waals surface area contributed by atoms with Gasteiger partial charge in [-0.1, -0.05) is 0 Å². The molecule has 1 aliphatic heterocycles. The molecule has 2 aromatic rings. The maximum atomic E-state index is 12.7. The Balaban J connectivity index is 1.70. The predicted octanol–water partition coefficient (Wildman–Crippen LogP) is 1.89. The van der Waals surface area contributed by atoms with Crippen molar-refractivity contribution in [2.75, 3.05) is 26.8 Å². The summed E-state index contributed by atoms with van der Waals surface area (Å²) in [5, 5.41) is 4.55. The summed E-state index contributed by atoms with van der Waals surface area (Å²) in [5.74, 6) is 0.974. The Labute approximate surface area is 166 Å². The molecule has 0 unspecified atom stereocenters. The van der Waals surface area contributed by atoms with Crippen LogP contribution in [0.2, 0.25) is 0 Å². The van der Waals surface area contributed by atoms with Gasteiger partial charge >= 0.3 is 5.69 Å². The SMILES string of the molecule is CCn1c(C2CCN(C(=O)c3cncc(Br)c3)CC2)nn(CCOC)c1=O. The van der Waals surface area contributed by atoms with Crippen LogP contribution in [0, 0.1) is 0 Å². The molecule has 0 atom stereocenters. The van der Waals surface area contributed by atoms with E-state index in [0.717, 1.165) is 23.1 Å². The number of hydrogen-bond acceptors (Lipinski definition) is 5. The summed E-state index contributed by atoms with van der Waals surface area (Å²) >= 11 is 3.35. The van der Waals surface area contributed by atoms with Crippen molar-refractivity contribution in [3.05, 3.63) is 44.8 Å². The summed E-state index contributed by atoms with van der Waals surface area (Å²) in [6, 6.07) is 1.79. The molecule has 27 heavy (non-hydrogen) atoms. The highest BCUT2D eigenvalue weighted by molar-refractivity contribution is 9.10. The molecule has 9 heteroatoms. The van der Waals surface area contributed by atoms with Crippen LogP contribution in [0.5, 0.6) is 0 Å². The Morgan fingerprint density at radius 2 is 2.07 bits per heavy atom. The zero-order valence-corrected chi connectivity index (χ0v) is 17.2. The molecule has 0 radical (unpaired) electrons. The van der Waals surface area contributed by atoms with Gasteiger partial charge < -0.3 is 9.64 Å². The third-order valence-electron chi connectivity index (χ3n) is 4.87. The maximum absolute atomic E-state index is 12.7. The summed E-state index contributed by atoms with van der Waals surface area (Å²) < 4.78 is 9.06. The van der Waals surface area contributed by atoms with Gasteiger partial charge in [0.15, 0.2) is 0 Å². The highest BCUT2D eigenvalue weighted by atomic mass is 79.9. The van der Waals surface area contributed by atoms with Gasteiger partial charge in [0.2, 0.25) is 0 Å². The Morgan fingerprint density at radius 1 is 1.33 bits per heavy atom. The van der Waals surface area contributed by atoms with Gasteiger partial charge in [-0.2, -0.15) is 5.10 Å². The predicted molar refractivity (Wildman–Crippen MR) is 104 cm³/mol. The molecule has 3 rings (SSSR count). The lowest BCUT2D eigenvalue weighted by Crippen LogP contribution is -2.38. The first-order valence-corrected chi connectivity index (χ1v) is 9.90. The standard InChI is InChI=1S/C18H24BrN5O3/c1-3-23-16(21-24(18(23)26)8-9-27-2)13-4-6-22(7-5-13)17(25)14-10-15(19)12-20-11-14/h10-13H,3-9H2,1-2H3. The number of methoxy groups -OCH3 is 1. The van der Waals surface area contributed by atoms with Crippen molar-refractivity contribution in [2.24, 2.45) is 0 Å². The second-order valence-corrected chi connectivity index (χ2v) is 7.47. The van der Waals surface area contributed by atoms with Crippen molar-refractivity contribution in [2.45, 2.75) is 38.8 Å². The van der Waals surface area contributed by atoms with Crippen LogP contribution in [0.4, 0.5) is 0 Å². The van der Waals surface area contributed by atoms with Crippen molar-refractivity contribution in [1.82, 2.24) is 24.2 Å². The number of nitrogens with zero attached hydrogens (tertiary/aromatic N) is 5. The van der Waals surface area contributed by atoms with Crippen molar-refractivity contribution >= 4 is 21.8 Å². The number of carbonyl (C=O) groups excluding carboxylic acids is 1. The first-order valence-electron chi connectivity index (χ1n) is 9.11. The average molecular weight is 438 g/mol. The highest BCUT2D eigenvalue weighted by Crippen LogP contribution is 2.27. The number of piperidine rings is 1. The molecule has 0 bridgehead atoms. The first kappa shape index (κ1) is 19.8. The average Bonchev–Trinajstić information content (AvgIpc) is 3.01. The lowest BCUT2D eigenvalue weighted by atomic mass is 9.95.